The molecule has 0 atom stereocenters. The SMILES string of the molecule is Cc1ccoc1C(=O)Nc1ccc(C#CCN)cc1F. The first kappa shape index (κ1) is 13.8. The van der Waals surface area contributed by atoms with Gasteiger partial charge in [-0.2, -0.15) is 0 Å². The van der Waals surface area contributed by atoms with Crippen molar-refractivity contribution in [2.24, 2.45) is 5.73 Å². The van der Waals surface area contributed by atoms with Crippen LogP contribution in [0.4, 0.5) is 10.1 Å². The molecule has 0 fully saturated rings. The van der Waals surface area contributed by atoms with Crippen LogP contribution in [0.2, 0.25) is 0 Å². The normalized spacial score (nSPS) is 9.75. The minimum absolute atomic E-state index is 0.0732. The molecule has 0 saturated heterocycles. The van der Waals surface area contributed by atoms with Gasteiger partial charge in [-0.1, -0.05) is 11.8 Å². The molecule has 0 aliphatic carbocycles. The van der Waals surface area contributed by atoms with Gasteiger partial charge in [-0.05, 0) is 31.2 Å². The second-order valence-electron chi connectivity index (χ2n) is 4.09. The van der Waals surface area contributed by atoms with Crippen molar-refractivity contribution in [3.63, 3.8) is 0 Å². The van der Waals surface area contributed by atoms with E-state index < -0.39 is 11.7 Å². The number of furan rings is 1. The molecule has 3 N–H and O–H groups in total. The topological polar surface area (TPSA) is 68.3 Å². The summed E-state index contributed by atoms with van der Waals surface area (Å²) >= 11 is 0. The fraction of sp³-hybridized carbons (Fsp3) is 0.133. The van der Waals surface area contributed by atoms with Crippen molar-refractivity contribution in [3.05, 3.63) is 53.2 Å². The summed E-state index contributed by atoms with van der Waals surface area (Å²) in [4.78, 5) is 11.9. The molecule has 0 spiro atoms. The molecular weight excluding hydrogens is 259 g/mol. The third kappa shape index (κ3) is 3.05. The molecule has 1 heterocycles. The molecule has 0 bridgehead atoms. The number of aryl methyl sites for hydroxylation is 1. The van der Waals surface area contributed by atoms with Crippen LogP contribution in [0.15, 0.2) is 34.9 Å². The molecule has 2 aromatic rings. The van der Waals surface area contributed by atoms with E-state index >= 15 is 0 Å². The molecule has 20 heavy (non-hydrogen) atoms. The molecule has 2 rings (SSSR count). The smallest absolute Gasteiger partial charge is 0.291 e. The maximum Gasteiger partial charge on any atom is 0.291 e. The van der Waals surface area contributed by atoms with Gasteiger partial charge < -0.3 is 15.5 Å². The van der Waals surface area contributed by atoms with Crippen molar-refractivity contribution < 1.29 is 13.6 Å². The Hall–Kier alpha value is -2.58. The molecule has 0 unspecified atom stereocenters. The van der Waals surface area contributed by atoms with E-state index in [1.807, 2.05) is 0 Å². The van der Waals surface area contributed by atoms with E-state index in [0.29, 0.717) is 11.1 Å². The van der Waals surface area contributed by atoms with Gasteiger partial charge >= 0.3 is 0 Å². The van der Waals surface area contributed by atoms with E-state index in [0.717, 1.165) is 0 Å². The van der Waals surface area contributed by atoms with E-state index in [-0.39, 0.29) is 18.0 Å². The lowest BCUT2D eigenvalue weighted by molar-refractivity contribution is 0.0995. The quantitative estimate of drug-likeness (QED) is 0.824. The molecule has 0 aliphatic heterocycles. The van der Waals surface area contributed by atoms with Gasteiger partial charge in [-0.25, -0.2) is 4.39 Å². The standard InChI is InChI=1S/C15H13FN2O2/c1-10-6-8-20-14(10)15(19)18-13-5-4-11(3-2-7-17)9-12(13)16/h4-6,8-9H,7,17H2,1H3,(H,18,19). The van der Waals surface area contributed by atoms with Crippen LogP contribution in [0, 0.1) is 24.6 Å². The predicted molar refractivity (Wildman–Crippen MR) is 73.7 cm³/mol. The maximum absolute atomic E-state index is 13.8. The molecule has 0 aliphatic rings. The molecule has 0 radical (unpaired) electrons. The zero-order valence-corrected chi connectivity index (χ0v) is 10.9. The van der Waals surface area contributed by atoms with Crippen molar-refractivity contribution in [1.29, 1.82) is 0 Å². The monoisotopic (exact) mass is 272 g/mol. The number of nitrogens with two attached hydrogens (primary N) is 1. The van der Waals surface area contributed by atoms with E-state index in [4.69, 9.17) is 10.2 Å². The lowest BCUT2D eigenvalue weighted by Crippen LogP contribution is -2.13. The summed E-state index contributed by atoms with van der Waals surface area (Å²) in [7, 11) is 0. The molecule has 1 aromatic carbocycles. The van der Waals surface area contributed by atoms with Gasteiger partial charge in [0.15, 0.2) is 5.76 Å². The van der Waals surface area contributed by atoms with Crippen LogP contribution in [0.5, 0.6) is 0 Å². The van der Waals surface area contributed by atoms with Gasteiger partial charge in [0.05, 0.1) is 18.5 Å². The van der Waals surface area contributed by atoms with Crippen LogP contribution in [0.1, 0.15) is 21.7 Å². The zero-order chi connectivity index (χ0) is 14.5. The first-order chi connectivity index (χ1) is 9.61. The van der Waals surface area contributed by atoms with Crippen LogP contribution in [-0.4, -0.2) is 12.5 Å². The largest absolute Gasteiger partial charge is 0.459 e. The van der Waals surface area contributed by atoms with Crippen LogP contribution in [0.3, 0.4) is 0 Å². The highest BCUT2D eigenvalue weighted by molar-refractivity contribution is 6.03. The minimum Gasteiger partial charge on any atom is -0.459 e. The van der Waals surface area contributed by atoms with E-state index in [1.165, 1.54) is 18.4 Å². The molecule has 1 amide bonds. The van der Waals surface area contributed by atoms with E-state index in [1.54, 1.807) is 19.1 Å². The number of carbonyl (C=O) groups excluding carboxylic acids is 1. The van der Waals surface area contributed by atoms with Gasteiger partial charge in [0, 0.05) is 11.1 Å². The molecule has 0 saturated carbocycles. The second-order valence-corrected chi connectivity index (χ2v) is 4.09. The number of halogens is 1. The summed E-state index contributed by atoms with van der Waals surface area (Å²) in [6.45, 7) is 1.94. The molecular formula is C15H13FN2O2. The van der Waals surface area contributed by atoms with Crippen LogP contribution >= 0.6 is 0 Å². The van der Waals surface area contributed by atoms with Crippen molar-refractivity contribution >= 4 is 11.6 Å². The Kier molecular flexibility index (Phi) is 4.18. The lowest BCUT2D eigenvalue weighted by atomic mass is 10.2. The summed E-state index contributed by atoms with van der Waals surface area (Å²) in [6.07, 6.45) is 1.41. The van der Waals surface area contributed by atoms with Gasteiger partial charge in [-0.15, -0.1) is 0 Å². The number of carbonyl (C=O) groups is 1. The number of nitrogens with one attached hydrogen (secondary N) is 1. The van der Waals surface area contributed by atoms with E-state index in [2.05, 4.69) is 17.2 Å². The fourth-order valence-corrected chi connectivity index (χ4v) is 1.63. The average Bonchev–Trinajstić information content (AvgIpc) is 2.85. The predicted octanol–water partition coefficient (Wildman–Crippen LogP) is 2.29. The number of anilines is 1. The lowest BCUT2D eigenvalue weighted by Gasteiger charge is -2.05. The highest BCUT2D eigenvalue weighted by Gasteiger charge is 2.14. The Bertz CT molecular complexity index is 695. The zero-order valence-electron chi connectivity index (χ0n) is 10.9. The molecule has 4 nitrogen and oxygen atoms in total. The Morgan fingerprint density at radius 3 is 2.85 bits per heavy atom. The Morgan fingerprint density at radius 1 is 1.45 bits per heavy atom. The summed E-state index contributed by atoms with van der Waals surface area (Å²) in [6, 6.07) is 5.96. The fourth-order valence-electron chi connectivity index (χ4n) is 1.63. The maximum atomic E-state index is 13.8. The highest BCUT2D eigenvalue weighted by Crippen LogP contribution is 2.17. The summed E-state index contributed by atoms with van der Waals surface area (Å²) < 4.78 is 18.9. The number of hydrogen-bond acceptors (Lipinski definition) is 3. The van der Waals surface area contributed by atoms with Crippen molar-refractivity contribution in [3.8, 4) is 11.8 Å². The number of amides is 1. The third-order valence-electron chi connectivity index (χ3n) is 2.62. The molecule has 1 aromatic heterocycles. The van der Waals surface area contributed by atoms with Gasteiger partial charge in [0.1, 0.15) is 5.82 Å². The van der Waals surface area contributed by atoms with Crippen molar-refractivity contribution in [2.45, 2.75) is 6.92 Å². The summed E-state index contributed by atoms with van der Waals surface area (Å²) in [5, 5.41) is 2.46. The number of hydrogen-bond donors (Lipinski definition) is 2. The van der Waals surface area contributed by atoms with Gasteiger partial charge in [-0.3, -0.25) is 4.79 Å². The van der Waals surface area contributed by atoms with Gasteiger partial charge in [0.25, 0.3) is 5.91 Å². The Morgan fingerprint density at radius 2 is 2.25 bits per heavy atom. The van der Waals surface area contributed by atoms with Gasteiger partial charge in [0.2, 0.25) is 0 Å². The second kappa shape index (κ2) is 6.04. The third-order valence-corrected chi connectivity index (χ3v) is 2.62. The van der Waals surface area contributed by atoms with E-state index in [9.17, 15) is 9.18 Å². The summed E-state index contributed by atoms with van der Waals surface area (Å²) in [5.74, 6) is 4.45. The average molecular weight is 272 g/mol. The first-order valence-electron chi connectivity index (χ1n) is 5.95. The van der Waals surface area contributed by atoms with Crippen molar-refractivity contribution in [1.82, 2.24) is 0 Å². The van der Waals surface area contributed by atoms with Crippen molar-refractivity contribution in [2.75, 3.05) is 11.9 Å². The highest BCUT2D eigenvalue weighted by atomic mass is 19.1. The number of benzene rings is 1. The van der Waals surface area contributed by atoms with Crippen LogP contribution in [-0.2, 0) is 0 Å². The molecule has 102 valence electrons. The minimum atomic E-state index is -0.564. The first-order valence-corrected chi connectivity index (χ1v) is 5.95. The molecule has 5 heteroatoms. The number of rotatable bonds is 2. The Labute approximate surface area is 115 Å². The Balaban J connectivity index is 2.18. The summed E-state index contributed by atoms with van der Waals surface area (Å²) in [5.41, 5.74) is 6.51. The van der Waals surface area contributed by atoms with Crippen LogP contribution in [0.25, 0.3) is 0 Å². The van der Waals surface area contributed by atoms with Crippen LogP contribution < -0.4 is 11.1 Å².